The van der Waals surface area contributed by atoms with E-state index in [-0.39, 0.29) is 0 Å². The minimum atomic E-state index is -2.14. The van der Waals surface area contributed by atoms with E-state index in [9.17, 15) is 8.78 Å². The molecule has 1 heterocycles. The van der Waals surface area contributed by atoms with Crippen LogP contribution >= 0.6 is 0 Å². The molecule has 0 aromatic heterocycles. The van der Waals surface area contributed by atoms with Gasteiger partial charge in [-0.3, -0.25) is 0 Å². The molecule has 0 atom stereocenters. The largest absolute Gasteiger partial charge is 0.381 e. The highest BCUT2D eigenvalue weighted by Crippen LogP contribution is 2.21. The quantitative estimate of drug-likeness (QED) is 0.533. The highest BCUT2D eigenvalue weighted by molar-refractivity contribution is 4.64. The Morgan fingerprint density at radius 3 is 2.11 bits per heavy atom. The van der Waals surface area contributed by atoms with Gasteiger partial charge in [0.1, 0.15) is 0 Å². The standard InChI is InChI=1S/C6H10F2O/c7-6(8)5-1-3-9-4-2-5/h5-6H,1-4H2. The van der Waals surface area contributed by atoms with Crippen LogP contribution in [0.2, 0.25) is 0 Å². The molecule has 0 saturated carbocycles. The topological polar surface area (TPSA) is 9.23 Å². The van der Waals surface area contributed by atoms with Crippen molar-refractivity contribution in [3.8, 4) is 0 Å². The Kier molecular flexibility index (Phi) is 2.39. The van der Waals surface area contributed by atoms with Gasteiger partial charge in [0.2, 0.25) is 6.43 Å². The van der Waals surface area contributed by atoms with E-state index >= 15 is 0 Å². The molecule has 0 radical (unpaired) electrons. The zero-order valence-electron chi connectivity index (χ0n) is 5.15. The number of ether oxygens (including phenoxy) is 1. The Balaban J connectivity index is 2.23. The SMILES string of the molecule is FC(F)C1CCOCC1. The Bertz CT molecular complexity index is 79.1. The second-order valence-electron chi connectivity index (χ2n) is 2.28. The summed E-state index contributed by atoms with van der Waals surface area (Å²) in [5.41, 5.74) is 0. The summed E-state index contributed by atoms with van der Waals surface area (Å²) in [5.74, 6) is -0.404. The predicted octanol–water partition coefficient (Wildman–Crippen LogP) is 1.68. The summed E-state index contributed by atoms with van der Waals surface area (Å²) in [5, 5.41) is 0. The van der Waals surface area contributed by atoms with Gasteiger partial charge in [0, 0.05) is 19.1 Å². The number of alkyl halides is 2. The summed E-state index contributed by atoms with van der Waals surface area (Å²) in [6, 6.07) is 0. The summed E-state index contributed by atoms with van der Waals surface area (Å²) in [4.78, 5) is 0. The van der Waals surface area contributed by atoms with Crippen molar-refractivity contribution in [3.63, 3.8) is 0 Å². The molecule has 1 fully saturated rings. The van der Waals surface area contributed by atoms with Crippen LogP contribution in [0.1, 0.15) is 12.8 Å². The van der Waals surface area contributed by atoms with Crippen molar-refractivity contribution in [2.24, 2.45) is 5.92 Å². The molecule has 0 aromatic rings. The zero-order valence-corrected chi connectivity index (χ0v) is 5.15. The third-order valence-electron chi connectivity index (χ3n) is 1.62. The lowest BCUT2D eigenvalue weighted by molar-refractivity contribution is -0.00791. The Morgan fingerprint density at radius 1 is 1.22 bits per heavy atom. The number of halogens is 2. The molecule has 54 valence electrons. The zero-order chi connectivity index (χ0) is 6.69. The van der Waals surface area contributed by atoms with Crippen LogP contribution in [-0.4, -0.2) is 19.6 Å². The molecule has 1 aliphatic rings. The van der Waals surface area contributed by atoms with Gasteiger partial charge in [-0.15, -0.1) is 0 Å². The predicted molar refractivity (Wildman–Crippen MR) is 29.5 cm³/mol. The summed E-state index contributed by atoms with van der Waals surface area (Å²) in [7, 11) is 0. The molecule has 1 aliphatic heterocycles. The first-order valence-corrected chi connectivity index (χ1v) is 3.16. The molecule has 0 bridgehead atoms. The molecular weight excluding hydrogens is 126 g/mol. The third kappa shape index (κ3) is 1.90. The lowest BCUT2D eigenvalue weighted by Crippen LogP contribution is -2.21. The van der Waals surface area contributed by atoms with Crippen molar-refractivity contribution in [1.29, 1.82) is 0 Å². The molecule has 1 saturated heterocycles. The maximum Gasteiger partial charge on any atom is 0.241 e. The van der Waals surface area contributed by atoms with Crippen molar-refractivity contribution in [3.05, 3.63) is 0 Å². The van der Waals surface area contributed by atoms with E-state index in [1.165, 1.54) is 0 Å². The Morgan fingerprint density at radius 2 is 1.78 bits per heavy atom. The van der Waals surface area contributed by atoms with Crippen LogP contribution in [-0.2, 0) is 4.74 Å². The van der Waals surface area contributed by atoms with Gasteiger partial charge in [-0.25, -0.2) is 8.78 Å². The minimum absolute atomic E-state index is 0.404. The molecule has 1 nitrogen and oxygen atoms in total. The highest BCUT2D eigenvalue weighted by Gasteiger charge is 2.22. The van der Waals surface area contributed by atoms with Gasteiger partial charge in [-0.1, -0.05) is 0 Å². The number of hydrogen-bond acceptors (Lipinski definition) is 1. The fourth-order valence-corrected chi connectivity index (χ4v) is 0.968. The first-order valence-electron chi connectivity index (χ1n) is 3.16. The Hall–Kier alpha value is -0.180. The van der Waals surface area contributed by atoms with Gasteiger partial charge in [-0.2, -0.15) is 0 Å². The van der Waals surface area contributed by atoms with E-state index in [2.05, 4.69) is 0 Å². The van der Waals surface area contributed by atoms with Gasteiger partial charge in [0.05, 0.1) is 0 Å². The van der Waals surface area contributed by atoms with E-state index < -0.39 is 12.3 Å². The first kappa shape index (κ1) is 6.93. The van der Waals surface area contributed by atoms with E-state index in [4.69, 9.17) is 4.74 Å². The molecule has 0 aliphatic carbocycles. The molecule has 0 N–H and O–H groups in total. The van der Waals surface area contributed by atoms with Crippen molar-refractivity contribution >= 4 is 0 Å². The number of hydrogen-bond donors (Lipinski definition) is 0. The maximum atomic E-state index is 11.9. The monoisotopic (exact) mass is 136 g/mol. The van der Waals surface area contributed by atoms with E-state index in [1.54, 1.807) is 0 Å². The first-order chi connectivity index (χ1) is 4.30. The van der Waals surface area contributed by atoms with Gasteiger partial charge >= 0.3 is 0 Å². The average Bonchev–Trinajstić information content (AvgIpc) is 1.90. The van der Waals surface area contributed by atoms with Crippen molar-refractivity contribution in [1.82, 2.24) is 0 Å². The summed E-state index contributed by atoms with van der Waals surface area (Å²) in [6.45, 7) is 1.02. The molecule has 0 aromatic carbocycles. The van der Waals surface area contributed by atoms with Gasteiger partial charge in [0.25, 0.3) is 0 Å². The Labute approximate surface area is 53.0 Å². The van der Waals surface area contributed by atoms with Crippen LogP contribution in [0.15, 0.2) is 0 Å². The summed E-state index contributed by atoms with van der Waals surface area (Å²) in [6.07, 6.45) is -1.09. The molecule has 9 heavy (non-hydrogen) atoms. The van der Waals surface area contributed by atoms with Crippen molar-refractivity contribution < 1.29 is 13.5 Å². The van der Waals surface area contributed by atoms with Crippen LogP contribution in [0, 0.1) is 5.92 Å². The normalized spacial score (nSPS) is 23.0. The molecular formula is C6H10F2O. The summed E-state index contributed by atoms with van der Waals surface area (Å²) >= 11 is 0. The van der Waals surface area contributed by atoms with Gasteiger partial charge in [-0.05, 0) is 12.8 Å². The molecule has 0 amide bonds. The van der Waals surface area contributed by atoms with Crippen LogP contribution in [0.5, 0.6) is 0 Å². The molecule has 0 unspecified atom stereocenters. The van der Waals surface area contributed by atoms with Gasteiger partial charge < -0.3 is 4.74 Å². The second-order valence-corrected chi connectivity index (χ2v) is 2.28. The fourth-order valence-electron chi connectivity index (χ4n) is 0.968. The third-order valence-corrected chi connectivity index (χ3v) is 1.62. The van der Waals surface area contributed by atoms with Crippen molar-refractivity contribution in [2.45, 2.75) is 19.3 Å². The maximum absolute atomic E-state index is 11.9. The molecule has 0 spiro atoms. The molecule has 1 rings (SSSR count). The van der Waals surface area contributed by atoms with Crippen LogP contribution in [0.4, 0.5) is 8.78 Å². The van der Waals surface area contributed by atoms with Crippen LogP contribution < -0.4 is 0 Å². The summed E-state index contributed by atoms with van der Waals surface area (Å²) < 4.78 is 28.6. The smallest absolute Gasteiger partial charge is 0.241 e. The van der Waals surface area contributed by atoms with E-state index in [1.807, 2.05) is 0 Å². The lowest BCUT2D eigenvalue weighted by Gasteiger charge is -2.20. The van der Waals surface area contributed by atoms with E-state index in [0.29, 0.717) is 26.1 Å². The average molecular weight is 136 g/mol. The minimum Gasteiger partial charge on any atom is -0.381 e. The van der Waals surface area contributed by atoms with E-state index in [0.717, 1.165) is 0 Å². The highest BCUT2D eigenvalue weighted by atomic mass is 19.3. The fraction of sp³-hybridized carbons (Fsp3) is 1.00. The van der Waals surface area contributed by atoms with Crippen molar-refractivity contribution in [2.75, 3.05) is 13.2 Å². The van der Waals surface area contributed by atoms with Gasteiger partial charge in [0.15, 0.2) is 0 Å². The molecule has 3 heteroatoms. The lowest BCUT2D eigenvalue weighted by atomic mass is 10.0. The van der Waals surface area contributed by atoms with Crippen LogP contribution in [0.3, 0.4) is 0 Å². The number of rotatable bonds is 1. The second kappa shape index (κ2) is 3.11. The van der Waals surface area contributed by atoms with Crippen LogP contribution in [0.25, 0.3) is 0 Å².